The van der Waals surface area contributed by atoms with E-state index >= 15 is 0 Å². The maximum atomic E-state index is 5.59. The van der Waals surface area contributed by atoms with Crippen LogP contribution in [-0.2, 0) is 13.0 Å². The Balaban J connectivity index is 2.40. The first-order chi connectivity index (χ1) is 6.22. The zero-order valence-corrected chi connectivity index (χ0v) is 8.21. The van der Waals surface area contributed by atoms with Gasteiger partial charge in [0.1, 0.15) is 11.5 Å². The number of fused-ring (bicyclic) bond motifs is 1. The van der Waals surface area contributed by atoms with E-state index in [2.05, 4.69) is 19.0 Å². The molecule has 1 heterocycles. The molecule has 1 aliphatic carbocycles. The third kappa shape index (κ3) is 1.37. The molecule has 1 aliphatic rings. The van der Waals surface area contributed by atoms with E-state index in [1.54, 1.807) is 0 Å². The van der Waals surface area contributed by atoms with Gasteiger partial charge in [-0.05, 0) is 18.3 Å². The molecule has 0 aromatic carbocycles. The van der Waals surface area contributed by atoms with Crippen LogP contribution < -0.4 is 5.73 Å². The van der Waals surface area contributed by atoms with Gasteiger partial charge in [0.15, 0.2) is 0 Å². The highest BCUT2D eigenvalue weighted by Gasteiger charge is 2.27. The van der Waals surface area contributed by atoms with Crippen molar-refractivity contribution in [3.8, 4) is 0 Å². The van der Waals surface area contributed by atoms with Gasteiger partial charge in [0.2, 0.25) is 0 Å². The molecular weight excluding hydrogens is 164 g/mol. The lowest BCUT2D eigenvalue weighted by molar-refractivity contribution is 0.333. The van der Waals surface area contributed by atoms with Gasteiger partial charge in [-0.2, -0.15) is 0 Å². The Hall–Kier alpha value is -0.830. The molecule has 2 unspecified atom stereocenters. The van der Waals surface area contributed by atoms with Gasteiger partial charge in [-0.25, -0.2) is 0 Å². The monoisotopic (exact) mass is 180 g/mol. The highest BCUT2D eigenvalue weighted by molar-refractivity contribution is 5.29. The summed E-state index contributed by atoms with van der Waals surface area (Å²) in [7, 11) is 0. The molecule has 0 bridgehead atoms. The second kappa shape index (κ2) is 3.14. The fraction of sp³-hybridized carbons (Fsp3) is 0.700. The summed E-state index contributed by atoms with van der Waals surface area (Å²) in [6, 6.07) is 0. The van der Waals surface area contributed by atoms with Crippen LogP contribution in [0.25, 0.3) is 0 Å². The van der Waals surface area contributed by atoms with Crippen LogP contribution in [0.2, 0.25) is 0 Å². The fourth-order valence-electron chi connectivity index (χ4n) is 2.34. The molecule has 2 rings (SSSR count). The van der Waals surface area contributed by atoms with Crippen LogP contribution in [0.3, 0.4) is 0 Å². The second-order valence-electron chi connectivity index (χ2n) is 4.12. The minimum Gasteiger partial charge on any atom is -0.361 e. The van der Waals surface area contributed by atoms with E-state index in [1.165, 1.54) is 12.0 Å². The molecule has 3 heteroatoms. The highest BCUT2D eigenvalue weighted by Crippen LogP contribution is 2.36. The molecule has 0 aliphatic heterocycles. The van der Waals surface area contributed by atoms with E-state index in [4.69, 9.17) is 10.3 Å². The zero-order valence-electron chi connectivity index (χ0n) is 8.21. The van der Waals surface area contributed by atoms with Crippen molar-refractivity contribution >= 4 is 0 Å². The molecule has 13 heavy (non-hydrogen) atoms. The van der Waals surface area contributed by atoms with Crippen molar-refractivity contribution in [2.45, 2.75) is 39.2 Å². The predicted octanol–water partition coefficient (Wildman–Crippen LogP) is 1.82. The molecule has 1 aromatic heterocycles. The summed E-state index contributed by atoms with van der Waals surface area (Å²) in [6.45, 7) is 4.98. The summed E-state index contributed by atoms with van der Waals surface area (Å²) in [5.74, 6) is 2.33. The first-order valence-electron chi connectivity index (χ1n) is 4.89. The SMILES string of the molecule is CC1Cc2onc(CN)c2C(C)C1. The van der Waals surface area contributed by atoms with Crippen molar-refractivity contribution in [3.05, 3.63) is 17.0 Å². The molecule has 3 nitrogen and oxygen atoms in total. The third-order valence-corrected chi connectivity index (χ3v) is 2.85. The van der Waals surface area contributed by atoms with Gasteiger partial charge in [0.25, 0.3) is 0 Å². The molecule has 0 amide bonds. The van der Waals surface area contributed by atoms with Crippen molar-refractivity contribution in [3.63, 3.8) is 0 Å². The number of rotatable bonds is 1. The van der Waals surface area contributed by atoms with E-state index in [9.17, 15) is 0 Å². The van der Waals surface area contributed by atoms with Crippen molar-refractivity contribution < 1.29 is 4.52 Å². The largest absolute Gasteiger partial charge is 0.361 e. The van der Waals surface area contributed by atoms with Gasteiger partial charge in [0, 0.05) is 18.5 Å². The van der Waals surface area contributed by atoms with E-state index < -0.39 is 0 Å². The molecule has 0 saturated carbocycles. The summed E-state index contributed by atoms with van der Waals surface area (Å²) in [5.41, 5.74) is 7.82. The summed E-state index contributed by atoms with van der Waals surface area (Å²) >= 11 is 0. The lowest BCUT2D eigenvalue weighted by atomic mass is 9.81. The van der Waals surface area contributed by atoms with Crippen LogP contribution in [0.15, 0.2) is 4.52 Å². The maximum absolute atomic E-state index is 5.59. The average Bonchev–Trinajstić information content (AvgIpc) is 2.47. The zero-order chi connectivity index (χ0) is 9.42. The summed E-state index contributed by atoms with van der Waals surface area (Å²) in [6.07, 6.45) is 2.24. The van der Waals surface area contributed by atoms with Crippen LogP contribution >= 0.6 is 0 Å². The van der Waals surface area contributed by atoms with Crippen LogP contribution in [-0.4, -0.2) is 5.16 Å². The van der Waals surface area contributed by atoms with E-state index in [-0.39, 0.29) is 0 Å². The quantitative estimate of drug-likeness (QED) is 0.717. The van der Waals surface area contributed by atoms with E-state index in [0.717, 1.165) is 17.9 Å². The molecule has 0 saturated heterocycles. The third-order valence-electron chi connectivity index (χ3n) is 2.85. The van der Waals surface area contributed by atoms with Gasteiger partial charge >= 0.3 is 0 Å². The lowest BCUT2D eigenvalue weighted by Crippen LogP contribution is -2.15. The van der Waals surface area contributed by atoms with E-state index in [1.807, 2.05) is 0 Å². The first kappa shape index (κ1) is 8.75. The van der Waals surface area contributed by atoms with Gasteiger partial charge in [0.05, 0.1) is 0 Å². The summed E-state index contributed by atoms with van der Waals surface area (Å²) in [5, 5.41) is 4.00. The molecule has 0 radical (unpaired) electrons. The van der Waals surface area contributed by atoms with Crippen LogP contribution in [0.1, 0.15) is 43.2 Å². The molecule has 72 valence electrons. The van der Waals surface area contributed by atoms with Crippen LogP contribution in [0, 0.1) is 5.92 Å². The van der Waals surface area contributed by atoms with Crippen molar-refractivity contribution in [1.29, 1.82) is 0 Å². The van der Waals surface area contributed by atoms with Gasteiger partial charge < -0.3 is 10.3 Å². The van der Waals surface area contributed by atoms with Crippen molar-refractivity contribution in [1.82, 2.24) is 5.16 Å². The van der Waals surface area contributed by atoms with Crippen molar-refractivity contribution in [2.24, 2.45) is 11.7 Å². The lowest BCUT2D eigenvalue weighted by Gasteiger charge is -2.22. The molecule has 2 atom stereocenters. The van der Waals surface area contributed by atoms with Gasteiger partial charge in [-0.15, -0.1) is 0 Å². The second-order valence-corrected chi connectivity index (χ2v) is 4.12. The summed E-state index contributed by atoms with van der Waals surface area (Å²) < 4.78 is 5.29. The molecule has 1 aromatic rings. The predicted molar refractivity (Wildman–Crippen MR) is 50.3 cm³/mol. The average molecular weight is 180 g/mol. The highest BCUT2D eigenvalue weighted by atomic mass is 16.5. The van der Waals surface area contributed by atoms with Crippen LogP contribution in [0.5, 0.6) is 0 Å². The van der Waals surface area contributed by atoms with Crippen LogP contribution in [0.4, 0.5) is 0 Å². The Morgan fingerprint density at radius 3 is 3.00 bits per heavy atom. The Morgan fingerprint density at radius 1 is 1.54 bits per heavy atom. The first-order valence-corrected chi connectivity index (χ1v) is 4.89. The minimum absolute atomic E-state index is 0.498. The number of hydrogen-bond donors (Lipinski definition) is 1. The van der Waals surface area contributed by atoms with E-state index in [0.29, 0.717) is 18.4 Å². The molecule has 0 fully saturated rings. The fourth-order valence-corrected chi connectivity index (χ4v) is 2.34. The topological polar surface area (TPSA) is 52.0 Å². The van der Waals surface area contributed by atoms with Gasteiger partial charge in [-0.1, -0.05) is 19.0 Å². The number of aromatic nitrogens is 1. The normalized spacial score (nSPS) is 27.3. The minimum atomic E-state index is 0.498. The smallest absolute Gasteiger partial charge is 0.140 e. The number of hydrogen-bond acceptors (Lipinski definition) is 3. The number of nitrogens with zero attached hydrogens (tertiary/aromatic N) is 1. The van der Waals surface area contributed by atoms with Gasteiger partial charge in [-0.3, -0.25) is 0 Å². The Morgan fingerprint density at radius 2 is 2.31 bits per heavy atom. The molecule has 2 N–H and O–H groups in total. The van der Waals surface area contributed by atoms with Crippen molar-refractivity contribution in [2.75, 3.05) is 0 Å². The molecule has 0 spiro atoms. The Kier molecular flexibility index (Phi) is 2.12. The Labute approximate surface area is 78.3 Å². The standard InChI is InChI=1S/C10H16N2O/c1-6-3-7(2)10-8(5-11)12-13-9(10)4-6/h6-7H,3-5,11H2,1-2H3. The number of nitrogens with two attached hydrogens (primary N) is 1. The molecular formula is C10H16N2O. The maximum Gasteiger partial charge on any atom is 0.140 e. The Bertz CT molecular complexity index is 306. The summed E-state index contributed by atoms with van der Waals surface area (Å²) in [4.78, 5) is 0.